The zero-order chi connectivity index (χ0) is 16.8. The lowest BCUT2D eigenvalue weighted by Gasteiger charge is -2.11. The number of hydrogen-bond acceptors (Lipinski definition) is 5. The van der Waals surface area contributed by atoms with E-state index < -0.39 is 0 Å². The normalized spacial score (nSPS) is 11.6. The Morgan fingerprint density at radius 2 is 2.00 bits per heavy atom. The summed E-state index contributed by atoms with van der Waals surface area (Å²) in [6, 6.07) is 8.16. The van der Waals surface area contributed by atoms with E-state index in [1.165, 1.54) is 0 Å². The van der Waals surface area contributed by atoms with E-state index in [-0.39, 0.29) is 0 Å². The third kappa shape index (κ3) is 3.71. The van der Waals surface area contributed by atoms with Crippen molar-refractivity contribution in [1.29, 1.82) is 0 Å². The van der Waals surface area contributed by atoms with Crippen molar-refractivity contribution in [3.05, 3.63) is 36.3 Å². The molecule has 0 radical (unpaired) electrons. The van der Waals surface area contributed by atoms with Crippen LogP contribution in [0.4, 0.5) is 0 Å². The summed E-state index contributed by atoms with van der Waals surface area (Å²) >= 11 is 4.21. The summed E-state index contributed by atoms with van der Waals surface area (Å²) in [5.74, 6) is 1.77. The van der Waals surface area contributed by atoms with Gasteiger partial charge in [0.25, 0.3) is 0 Å². The van der Waals surface area contributed by atoms with Gasteiger partial charge in [0, 0.05) is 25.1 Å². The highest BCUT2D eigenvalue weighted by molar-refractivity contribution is 7.80. The number of thiol groups is 1. The van der Waals surface area contributed by atoms with Gasteiger partial charge < -0.3 is 14.0 Å². The van der Waals surface area contributed by atoms with E-state index in [0.29, 0.717) is 19.8 Å². The van der Waals surface area contributed by atoms with Crippen LogP contribution in [0.5, 0.6) is 0 Å². The van der Waals surface area contributed by atoms with Crippen molar-refractivity contribution in [1.82, 2.24) is 14.5 Å². The number of pyridine rings is 1. The molecule has 0 bridgehead atoms. The van der Waals surface area contributed by atoms with Crippen LogP contribution >= 0.6 is 12.6 Å². The molecule has 3 rings (SSSR count). The molecule has 0 aliphatic carbocycles. The largest absolute Gasteiger partial charge is 0.380 e. The van der Waals surface area contributed by atoms with E-state index >= 15 is 0 Å². The van der Waals surface area contributed by atoms with Gasteiger partial charge in [0.1, 0.15) is 17.9 Å². The van der Waals surface area contributed by atoms with Crippen LogP contribution in [0, 0.1) is 0 Å². The minimum absolute atomic E-state index is 0.496. The van der Waals surface area contributed by atoms with Gasteiger partial charge in [-0.15, -0.1) is 0 Å². The molecule has 1 aromatic carbocycles. The quantitative estimate of drug-likeness (QED) is 0.477. The number of imidazole rings is 1. The Morgan fingerprint density at radius 1 is 1.12 bits per heavy atom. The number of ether oxygens (including phenoxy) is 2. The smallest absolute Gasteiger partial charge is 0.136 e. The van der Waals surface area contributed by atoms with Gasteiger partial charge in [-0.3, -0.25) is 4.98 Å². The van der Waals surface area contributed by atoms with Crippen molar-refractivity contribution in [2.45, 2.75) is 26.5 Å². The summed E-state index contributed by atoms with van der Waals surface area (Å²) in [5, 5.41) is 1.11. The van der Waals surface area contributed by atoms with Gasteiger partial charge in [-0.05, 0) is 25.2 Å². The summed E-state index contributed by atoms with van der Waals surface area (Å²) in [5.41, 5.74) is 2.98. The Morgan fingerprint density at radius 3 is 2.83 bits per heavy atom. The minimum atomic E-state index is 0.496. The van der Waals surface area contributed by atoms with Gasteiger partial charge in [0.15, 0.2) is 0 Å². The molecule has 0 saturated carbocycles. The summed E-state index contributed by atoms with van der Waals surface area (Å²) in [4.78, 5) is 9.23. The molecule has 128 valence electrons. The lowest BCUT2D eigenvalue weighted by Crippen LogP contribution is -2.11. The van der Waals surface area contributed by atoms with Crippen LogP contribution in [-0.2, 0) is 22.6 Å². The van der Waals surface area contributed by atoms with Gasteiger partial charge in [-0.25, -0.2) is 4.98 Å². The number of rotatable bonds is 9. The van der Waals surface area contributed by atoms with Crippen molar-refractivity contribution in [2.24, 2.45) is 0 Å². The maximum absolute atomic E-state index is 5.71. The van der Waals surface area contributed by atoms with Gasteiger partial charge in [-0.2, -0.15) is 12.6 Å². The fourth-order valence-corrected chi connectivity index (χ4v) is 2.91. The molecule has 3 aromatic rings. The van der Waals surface area contributed by atoms with E-state index in [4.69, 9.17) is 14.5 Å². The monoisotopic (exact) mass is 345 g/mol. The Kier molecular flexibility index (Phi) is 6.07. The van der Waals surface area contributed by atoms with Crippen molar-refractivity contribution in [2.75, 3.05) is 25.6 Å². The van der Waals surface area contributed by atoms with Gasteiger partial charge in [-0.1, -0.05) is 18.2 Å². The van der Waals surface area contributed by atoms with Gasteiger partial charge in [0.2, 0.25) is 0 Å². The van der Waals surface area contributed by atoms with Crippen LogP contribution in [0.15, 0.2) is 30.5 Å². The number of aromatic nitrogens is 3. The highest BCUT2D eigenvalue weighted by Crippen LogP contribution is 2.25. The summed E-state index contributed by atoms with van der Waals surface area (Å²) in [6.45, 7) is 5.29. The molecule has 0 aliphatic rings. The Labute approximate surface area is 147 Å². The molecule has 0 N–H and O–H groups in total. The van der Waals surface area contributed by atoms with Crippen LogP contribution in [0.3, 0.4) is 0 Å². The molecule has 0 unspecified atom stereocenters. The third-order valence-corrected chi connectivity index (χ3v) is 4.22. The Bertz CT molecular complexity index is 803. The first kappa shape index (κ1) is 17.2. The Hall–Kier alpha value is -1.63. The van der Waals surface area contributed by atoms with E-state index in [1.807, 2.05) is 31.3 Å². The Balaban J connectivity index is 1.95. The number of hydrogen-bond donors (Lipinski definition) is 1. The molecule has 0 fully saturated rings. The maximum atomic E-state index is 5.71. The summed E-state index contributed by atoms with van der Waals surface area (Å²) < 4.78 is 13.5. The molecular weight excluding hydrogens is 322 g/mol. The molecule has 2 heterocycles. The number of nitrogens with zero attached hydrogens (tertiary/aromatic N) is 3. The van der Waals surface area contributed by atoms with E-state index in [0.717, 1.165) is 53.1 Å². The molecular formula is C18H23N3O2S. The molecule has 5 nitrogen and oxygen atoms in total. The van der Waals surface area contributed by atoms with Crippen molar-refractivity contribution in [3.63, 3.8) is 0 Å². The second-order valence-electron chi connectivity index (χ2n) is 5.52. The summed E-state index contributed by atoms with van der Waals surface area (Å²) in [6.07, 6.45) is 2.80. The minimum Gasteiger partial charge on any atom is -0.380 e. The lowest BCUT2D eigenvalue weighted by molar-refractivity contribution is 0.114. The SMILES string of the molecule is CCOCc1nc2cnc3ccccc3c2n1CCOCCCS. The lowest BCUT2D eigenvalue weighted by atomic mass is 10.2. The standard InChI is InChI=1S/C18H23N3O2S/c1-2-22-13-17-20-16-12-19-15-7-4-3-6-14(15)18(16)21(17)8-10-23-9-5-11-24/h3-4,6-7,12,24H,2,5,8-11,13H2,1H3. The first-order chi connectivity index (χ1) is 11.8. The molecule has 0 amide bonds. The molecule has 0 aliphatic heterocycles. The van der Waals surface area contributed by atoms with Crippen molar-refractivity contribution < 1.29 is 9.47 Å². The van der Waals surface area contributed by atoms with Gasteiger partial charge >= 0.3 is 0 Å². The first-order valence-corrected chi connectivity index (χ1v) is 8.97. The second kappa shape index (κ2) is 8.46. The average molecular weight is 345 g/mol. The number of fused-ring (bicyclic) bond motifs is 3. The van der Waals surface area contributed by atoms with Crippen molar-refractivity contribution >= 4 is 34.6 Å². The van der Waals surface area contributed by atoms with Crippen LogP contribution in [0.25, 0.3) is 21.9 Å². The van der Waals surface area contributed by atoms with Crippen LogP contribution in [0.2, 0.25) is 0 Å². The van der Waals surface area contributed by atoms with Crippen LogP contribution in [-0.4, -0.2) is 40.1 Å². The fraction of sp³-hybridized carbons (Fsp3) is 0.444. The molecule has 0 saturated heterocycles. The van der Waals surface area contributed by atoms with Gasteiger partial charge in [0.05, 0.1) is 23.8 Å². The summed E-state index contributed by atoms with van der Waals surface area (Å²) in [7, 11) is 0. The van der Waals surface area contributed by atoms with E-state index in [2.05, 4.69) is 28.2 Å². The molecule has 0 spiro atoms. The molecule has 2 aromatic heterocycles. The highest BCUT2D eigenvalue weighted by Gasteiger charge is 2.14. The predicted molar refractivity (Wildman–Crippen MR) is 99.7 cm³/mol. The second-order valence-corrected chi connectivity index (χ2v) is 5.96. The zero-order valence-corrected chi connectivity index (χ0v) is 14.8. The molecule has 24 heavy (non-hydrogen) atoms. The van der Waals surface area contributed by atoms with Crippen molar-refractivity contribution in [3.8, 4) is 0 Å². The zero-order valence-electron chi connectivity index (χ0n) is 13.9. The fourth-order valence-electron chi connectivity index (χ4n) is 2.78. The topological polar surface area (TPSA) is 49.2 Å². The van der Waals surface area contributed by atoms with Crippen LogP contribution in [0.1, 0.15) is 19.2 Å². The molecule has 0 atom stereocenters. The predicted octanol–water partition coefficient (Wildman–Crippen LogP) is 3.46. The number of benzene rings is 1. The average Bonchev–Trinajstić information content (AvgIpc) is 2.98. The van der Waals surface area contributed by atoms with E-state index in [9.17, 15) is 0 Å². The van der Waals surface area contributed by atoms with Crippen LogP contribution < -0.4 is 0 Å². The third-order valence-electron chi connectivity index (χ3n) is 3.90. The molecule has 6 heteroatoms. The highest BCUT2D eigenvalue weighted by atomic mass is 32.1. The maximum Gasteiger partial charge on any atom is 0.136 e. The van der Waals surface area contributed by atoms with E-state index in [1.54, 1.807) is 0 Å². The number of para-hydroxylation sites is 1. The first-order valence-electron chi connectivity index (χ1n) is 8.34.